The third kappa shape index (κ3) is 2.53. The smallest absolute Gasteiger partial charge is 0.163 e. The summed E-state index contributed by atoms with van der Waals surface area (Å²) in [6.07, 6.45) is 2.61. The molecule has 1 fully saturated rings. The minimum Gasteiger partial charge on any atom is -0.345 e. The molecule has 0 aromatic heterocycles. The molecule has 0 spiro atoms. The van der Waals surface area contributed by atoms with E-state index in [-0.39, 0.29) is 18.2 Å². The fourth-order valence-electron chi connectivity index (χ4n) is 1.73. The quantitative estimate of drug-likeness (QED) is 0.676. The summed E-state index contributed by atoms with van der Waals surface area (Å²) in [5.74, 6) is -0.497. The zero-order valence-corrected chi connectivity index (χ0v) is 8.62. The van der Waals surface area contributed by atoms with Crippen molar-refractivity contribution in [3.63, 3.8) is 0 Å². The van der Waals surface area contributed by atoms with E-state index in [0.29, 0.717) is 0 Å². The lowest BCUT2D eigenvalue weighted by atomic mass is 10.0. The number of rotatable bonds is 3. The van der Waals surface area contributed by atoms with Crippen molar-refractivity contribution in [3.8, 4) is 0 Å². The average Bonchev–Trinajstić information content (AvgIpc) is 2.25. The zero-order chi connectivity index (χ0) is 10.1. The molecule has 1 aliphatic heterocycles. The van der Waals surface area contributed by atoms with Crippen molar-refractivity contribution in [2.75, 3.05) is 0 Å². The standard InChI is InChI=1S/C10H19NO2/c1-5-6-8(11)9-7(2)12-10(3,4)13-9/h5,7-9H,1,6,11H2,2-4H3/t7-,8?,9?/m0/s1. The van der Waals surface area contributed by atoms with Gasteiger partial charge in [0.05, 0.1) is 6.10 Å². The van der Waals surface area contributed by atoms with E-state index in [1.165, 1.54) is 0 Å². The van der Waals surface area contributed by atoms with Crippen molar-refractivity contribution in [2.45, 2.75) is 51.2 Å². The molecule has 0 amide bonds. The molecule has 2 N–H and O–H groups in total. The van der Waals surface area contributed by atoms with Crippen molar-refractivity contribution in [2.24, 2.45) is 5.73 Å². The lowest BCUT2D eigenvalue weighted by Gasteiger charge is -2.20. The van der Waals surface area contributed by atoms with Gasteiger partial charge in [-0.2, -0.15) is 0 Å². The van der Waals surface area contributed by atoms with Crippen LogP contribution in [0.2, 0.25) is 0 Å². The van der Waals surface area contributed by atoms with Crippen LogP contribution in [0.25, 0.3) is 0 Å². The second-order valence-electron chi connectivity index (χ2n) is 3.99. The Labute approximate surface area is 79.9 Å². The first-order valence-electron chi connectivity index (χ1n) is 4.68. The first-order valence-corrected chi connectivity index (χ1v) is 4.68. The van der Waals surface area contributed by atoms with Crippen LogP contribution in [0.5, 0.6) is 0 Å². The third-order valence-electron chi connectivity index (χ3n) is 2.21. The van der Waals surface area contributed by atoms with Gasteiger partial charge in [0.25, 0.3) is 0 Å². The lowest BCUT2D eigenvalue weighted by molar-refractivity contribution is -0.146. The molecule has 0 aromatic rings. The van der Waals surface area contributed by atoms with Crippen LogP contribution < -0.4 is 5.73 Å². The first kappa shape index (κ1) is 10.7. The Morgan fingerprint density at radius 1 is 1.54 bits per heavy atom. The maximum Gasteiger partial charge on any atom is 0.163 e. The van der Waals surface area contributed by atoms with E-state index in [1.807, 2.05) is 26.8 Å². The van der Waals surface area contributed by atoms with Gasteiger partial charge in [0.15, 0.2) is 5.79 Å². The molecular formula is C10H19NO2. The maximum atomic E-state index is 5.92. The summed E-state index contributed by atoms with van der Waals surface area (Å²) in [6.45, 7) is 9.46. The molecule has 1 aliphatic rings. The highest BCUT2D eigenvalue weighted by molar-refractivity contribution is 4.89. The van der Waals surface area contributed by atoms with Gasteiger partial charge >= 0.3 is 0 Å². The SMILES string of the molecule is C=CCC(N)C1OC(C)(C)O[C@H]1C. The fraction of sp³-hybridized carbons (Fsp3) is 0.800. The van der Waals surface area contributed by atoms with E-state index in [0.717, 1.165) is 6.42 Å². The molecule has 0 saturated carbocycles. The molecule has 1 saturated heterocycles. The Kier molecular flexibility index (Phi) is 3.11. The summed E-state index contributed by atoms with van der Waals surface area (Å²) in [5, 5.41) is 0. The summed E-state index contributed by atoms with van der Waals surface area (Å²) < 4.78 is 11.3. The lowest BCUT2D eigenvalue weighted by Crippen LogP contribution is -2.40. The monoisotopic (exact) mass is 185 g/mol. The Morgan fingerprint density at radius 3 is 2.54 bits per heavy atom. The van der Waals surface area contributed by atoms with Crippen LogP contribution in [0.4, 0.5) is 0 Å². The Hall–Kier alpha value is -0.380. The number of nitrogens with two attached hydrogens (primary N) is 1. The molecule has 13 heavy (non-hydrogen) atoms. The van der Waals surface area contributed by atoms with Crippen molar-refractivity contribution in [3.05, 3.63) is 12.7 Å². The molecule has 3 heteroatoms. The van der Waals surface area contributed by atoms with Crippen molar-refractivity contribution in [1.82, 2.24) is 0 Å². The largest absolute Gasteiger partial charge is 0.345 e. The van der Waals surface area contributed by atoms with Gasteiger partial charge in [-0.3, -0.25) is 0 Å². The van der Waals surface area contributed by atoms with Gasteiger partial charge in [-0.1, -0.05) is 6.08 Å². The van der Waals surface area contributed by atoms with Crippen molar-refractivity contribution < 1.29 is 9.47 Å². The van der Waals surface area contributed by atoms with Gasteiger partial charge in [-0.25, -0.2) is 0 Å². The number of hydrogen-bond acceptors (Lipinski definition) is 3. The van der Waals surface area contributed by atoms with E-state index < -0.39 is 5.79 Å². The van der Waals surface area contributed by atoms with E-state index in [2.05, 4.69) is 6.58 Å². The average molecular weight is 185 g/mol. The molecule has 0 bridgehead atoms. The fourth-order valence-corrected chi connectivity index (χ4v) is 1.73. The van der Waals surface area contributed by atoms with Crippen LogP contribution in [-0.4, -0.2) is 24.0 Å². The molecular weight excluding hydrogens is 166 g/mol. The van der Waals surface area contributed by atoms with Crippen LogP contribution in [0.3, 0.4) is 0 Å². The minimum atomic E-state index is -0.497. The molecule has 0 aliphatic carbocycles. The Bertz CT molecular complexity index is 191. The summed E-state index contributed by atoms with van der Waals surface area (Å²) in [5.41, 5.74) is 5.92. The van der Waals surface area contributed by atoms with Gasteiger partial charge in [0, 0.05) is 6.04 Å². The van der Waals surface area contributed by atoms with Gasteiger partial charge in [-0.05, 0) is 27.2 Å². The van der Waals surface area contributed by atoms with Gasteiger partial charge in [0.1, 0.15) is 6.10 Å². The van der Waals surface area contributed by atoms with Crippen LogP contribution in [0, 0.1) is 0 Å². The van der Waals surface area contributed by atoms with Crippen molar-refractivity contribution >= 4 is 0 Å². The van der Waals surface area contributed by atoms with Crippen LogP contribution in [0.1, 0.15) is 27.2 Å². The van der Waals surface area contributed by atoms with Crippen molar-refractivity contribution in [1.29, 1.82) is 0 Å². The molecule has 3 nitrogen and oxygen atoms in total. The van der Waals surface area contributed by atoms with E-state index >= 15 is 0 Å². The number of hydrogen-bond donors (Lipinski definition) is 1. The maximum absolute atomic E-state index is 5.92. The highest BCUT2D eigenvalue weighted by atomic mass is 16.7. The summed E-state index contributed by atoms with van der Waals surface area (Å²) >= 11 is 0. The molecule has 76 valence electrons. The molecule has 3 atom stereocenters. The highest BCUT2D eigenvalue weighted by Gasteiger charge is 2.41. The van der Waals surface area contributed by atoms with Gasteiger partial charge in [0.2, 0.25) is 0 Å². The first-order chi connectivity index (χ1) is 5.96. The second kappa shape index (κ2) is 3.78. The van der Waals surface area contributed by atoms with E-state index in [4.69, 9.17) is 15.2 Å². The van der Waals surface area contributed by atoms with Crippen LogP contribution in [0.15, 0.2) is 12.7 Å². The molecule has 0 radical (unpaired) electrons. The summed E-state index contributed by atoms with van der Waals surface area (Å²) in [6, 6.07) is -0.0192. The predicted octanol–water partition coefficient (Wildman–Crippen LogP) is 1.43. The predicted molar refractivity (Wildman–Crippen MR) is 52.3 cm³/mol. The zero-order valence-electron chi connectivity index (χ0n) is 8.62. The van der Waals surface area contributed by atoms with E-state index in [1.54, 1.807) is 0 Å². The topological polar surface area (TPSA) is 44.5 Å². The summed E-state index contributed by atoms with van der Waals surface area (Å²) in [7, 11) is 0. The van der Waals surface area contributed by atoms with Crippen LogP contribution in [-0.2, 0) is 9.47 Å². The second-order valence-corrected chi connectivity index (χ2v) is 3.99. The summed E-state index contributed by atoms with van der Waals surface area (Å²) in [4.78, 5) is 0. The molecule has 1 heterocycles. The van der Waals surface area contributed by atoms with Gasteiger partial charge < -0.3 is 15.2 Å². The van der Waals surface area contributed by atoms with E-state index in [9.17, 15) is 0 Å². The van der Waals surface area contributed by atoms with Gasteiger partial charge in [-0.15, -0.1) is 6.58 Å². The third-order valence-corrected chi connectivity index (χ3v) is 2.21. The molecule has 0 aromatic carbocycles. The number of ether oxygens (including phenoxy) is 2. The van der Waals surface area contributed by atoms with Crippen LogP contribution >= 0.6 is 0 Å². The molecule has 2 unspecified atom stereocenters. The minimum absolute atomic E-state index is 0.0192. The normalized spacial score (nSPS) is 34.5. The Morgan fingerprint density at radius 2 is 2.15 bits per heavy atom. The Balaban J connectivity index is 2.56. The molecule has 1 rings (SSSR count). The highest BCUT2D eigenvalue weighted by Crippen LogP contribution is 2.29.